The van der Waals surface area contributed by atoms with Crippen LogP contribution in [0.15, 0.2) is 41.0 Å². The van der Waals surface area contributed by atoms with E-state index in [1.807, 2.05) is 19.9 Å². The summed E-state index contributed by atoms with van der Waals surface area (Å²) in [6, 6.07) is 4.83. The number of allylic oxidation sites excluding steroid dienone is 3. The van der Waals surface area contributed by atoms with E-state index >= 15 is 0 Å². The van der Waals surface area contributed by atoms with Crippen molar-refractivity contribution in [2.45, 2.75) is 32.6 Å². The highest BCUT2D eigenvalue weighted by Crippen LogP contribution is 2.48. The maximum atomic E-state index is 14.3. The van der Waals surface area contributed by atoms with Gasteiger partial charge in [0.15, 0.2) is 5.78 Å². The first kappa shape index (κ1) is 16.2. The Morgan fingerprint density at radius 2 is 2.04 bits per heavy atom. The van der Waals surface area contributed by atoms with Crippen LogP contribution in [0, 0.1) is 28.4 Å². The molecule has 2 N–H and O–H groups in total. The number of carbonyl (C=O) groups excluding carboxylic acids is 1. The van der Waals surface area contributed by atoms with E-state index in [-0.39, 0.29) is 40.2 Å². The molecule has 24 heavy (non-hydrogen) atoms. The van der Waals surface area contributed by atoms with E-state index < -0.39 is 17.6 Å². The van der Waals surface area contributed by atoms with Gasteiger partial charge in [0, 0.05) is 24.0 Å². The monoisotopic (exact) mass is 330 g/mol. The van der Waals surface area contributed by atoms with Crippen LogP contribution in [0.4, 0.5) is 8.78 Å². The Balaban J connectivity index is 2.24. The summed E-state index contributed by atoms with van der Waals surface area (Å²) in [7, 11) is 0. The Kier molecular flexibility index (Phi) is 3.67. The highest BCUT2D eigenvalue weighted by atomic mass is 19.1. The molecule has 0 radical (unpaired) electrons. The Bertz CT molecular complexity index is 847. The highest BCUT2D eigenvalue weighted by molar-refractivity contribution is 6.00. The number of benzene rings is 1. The van der Waals surface area contributed by atoms with Crippen LogP contribution < -0.4 is 5.73 Å². The fourth-order valence-corrected chi connectivity index (χ4v) is 3.33. The van der Waals surface area contributed by atoms with E-state index in [4.69, 9.17) is 10.5 Å². The number of nitriles is 1. The van der Waals surface area contributed by atoms with Crippen molar-refractivity contribution in [3.05, 3.63) is 58.2 Å². The van der Waals surface area contributed by atoms with Gasteiger partial charge in [0.1, 0.15) is 29.0 Å². The largest absolute Gasteiger partial charge is 0.444 e. The second kappa shape index (κ2) is 5.45. The molecule has 0 spiro atoms. The fourth-order valence-electron chi connectivity index (χ4n) is 3.33. The normalized spacial score (nSPS) is 22.8. The highest BCUT2D eigenvalue weighted by Gasteiger charge is 2.43. The smallest absolute Gasteiger partial charge is 0.205 e. The molecule has 0 saturated carbocycles. The van der Waals surface area contributed by atoms with Gasteiger partial charge in [-0.05, 0) is 23.6 Å². The lowest BCUT2D eigenvalue weighted by molar-refractivity contribution is -0.119. The number of hydrogen-bond acceptors (Lipinski definition) is 4. The van der Waals surface area contributed by atoms with Crippen molar-refractivity contribution >= 4 is 5.78 Å². The van der Waals surface area contributed by atoms with Crippen LogP contribution in [-0.2, 0) is 9.53 Å². The summed E-state index contributed by atoms with van der Waals surface area (Å²) >= 11 is 0. The van der Waals surface area contributed by atoms with Crippen LogP contribution in [0.5, 0.6) is 0 Å². The van der Waals surface area contributed by atoms with Gasteiger partial charge in [-0.25, -0.2) is 8.78 Å². The van der Waals surface area contributed by atoms with E-state index in [2.05, 4.69) is 0 Å². The van der Waals surface area contributed by atoms with Gasteiger partial charge in [0.2, 0.25) is 5.88 Å². The second-order valence-corrected chi connectivity index (χ2v) is 6.87. The van der Waals surface area contributed by atoms with Gasteiger partial charge in [-0.3, -0.25) is 4.79 Å². The van der Waals surface area contributed by atoms with Crippen LogP contribution in [0.2, 0.25) is 0 Å². The minimum Gasteiger partial charge on any atom is -0.444 e. The number of ketones is 1. The first-order valence-corrected chi connectivity index (χ1v) is 7.52. The summed E-state index contributed by atoms with van der Waals surface area (Å²) in [5.74, 6) is -2.47. The van der Waals surface area contributed by atoms with Crippen molar-refractivity contribution < 1.29 is 18.3 Å². The number of rotatable bonds is 1. The molecule has 0 fully saturated rings. The molecule has 0 unspecified atom stereocenters. The predicted molar refractivity (Wildman–Crippen MR) is 82.1 cm³/mol. The second-order valence-electron chi connectivity index (χ2n) is 6.87. The fraction of sp³-hybridized carbons (Fsp3) is 0.333. The van der Waals surface area contributed by atoms with Crippen LogP contribution in [0.1, 0.15) is 38.2 Å². The summed E-state index contributed by atoms with van der Waals surface area (Å²) in [5, 5.41) is 9.41. The quantitative estimate of drug-likeness (QED) is 0.856. The third-order valence-electron chi connectivity index (χ3n) is 4.34. The Labute approximate surface area is 138 Å². The Hall–Kier alpha value is -2.68. The van der Waals surface area contributed by atoms with Crippen molar-refractivity contribution in [2.24, 2.45) is 11.1 Å². The van der Waals surface area contributed by atoms with Crippen LogP contribution in [0.25, 0.3) is 0 Å². The molecular weight excluding hydrogens is 314 g/mol. The molecule has 1 aliphatic heterocycles. The molecule has 1 aromatic carbocycles. The minimum absolute atomic E-state index is 0.0775. The van der Waals surface area contributed by atoms with Crippen molar-refractivity contribution in [3.63, 3.8) is 0 Å². The molecule has 3 rings (SSSR count). The molecule has 0 aromatic heterocycles. The molecule has 2 aliphatic rings. The first-order chi connectivity index (χ1) is 11.2. The predicted octanol–water partition coefficient (Wildman–Crippen LogP) is 3.42. The molecule has 1 atom stereocenters. The average Bonchev–Trinajstić information content (AvgIpc) is 2.47. The molecule has 124 valence electrons. The molecule has 6 heteroatoms. The van der Waals surface area contributed by atoms with Gasteiger partial charge in [-0.2, -0.15) is 5.26 Å². The summed E-state index contributed by atoms with van der Waals surface area (Å²) in [4.78, 5) is 12.7. The summed E-state index contributed by atoms with van der Waals surface area (Å²) in [6.07, 6.45) is 0.669. The lowest BCUT2D eigenvalue weighted by atomic mass is 9.70. The van der Waals surface area contributed by atoms with E-state index in [0.717, 1.165) is 18.2 Å². The van der Waals surface area contributed by atoms with Gasteiger partial charge < -0.3 is 10.5 Å². The number of nitrogens with two attached hydrogens (primary N) is 1. The Morgan fingerprint density at radius 3 is 2.71 bits per heavy atom. The molecule has 1 aromatic rings. The summed E-state index contributed by atoms with van der Waals surface area (Å²) in [6.45, 7) is 3.82. The van der Waals surface area contributed by atoms with Gasteiger partial charge in [0.05, 0.1) is 5.92 Å². The zero-order valence-electron chi connectivity index (χ0n) is 13.3. The standard InChI is InChI=1S/C18H16F2N2O2/c1-18(2)6-13(23)16-14(7-18)24-17(22)11(8-21)15(16)10-5-9(19)3-4-12(10)20/h3-5,15H,6-7,22H2,1-2H3/t15-/m1/s1. The zero-order valence-corrected chi connectivity index (χ0v) is 13.3. The van der Waals surface area contributed by atoms with E-state index in [9.17, 15) is 18.8 Å². The van der Waals surface area contributed by atoms with Gasteiger partial charge >= 0.3 is 0 Å². The lowest BCUT2D eigenvalue weighted by Crippen LogP contribution is -2.33. The van der Waals surface area contributed by atoms with Gasteiger partial charge in [0.25, 0.3) is 0 Å². The molecular formula is C18H16F2N2O2. The molecule has 4 nitrogen and oxygen atoms in total. The number of ether oxygens (including phenoxy) is 1. The maximum Gasteiger partial charge on any atom is 0.205 e. The van der Waals surface area contributed by atoms with Crippen LogP contribution in [0.3, 0.4) is 0 Å². The number of Topliss-reactive ketones (excluding diaryl/α,β-unsaturated/α-hetero) is 1. The average molecular weight is 330 g/mol. The van der Waals surface area contributed by atoms with Gasteiger partial charge in [-0.1, -0.05) is 13.8 Å². The van der Waals surface area contributed by atoms with E-state index in [0.29, 0.717) is 12.2 Å². The van der Waals surface area contributed by atoms with Crippen LogP contribution in [-0.4, -0.2) is 5.78 Å². The summed E-state index contributed by atoms with van der Waals surface area (Å²) < 4.78 is 33.5. The van der Waals surface area contributed by atoms with Gasteiger partial charge in [-0.15, -0.1) is 0 Å². The van der Waals surface area contributed by atoms with Crippen LogP contribution >= 0.6 is 0 Å². The van der Waals surface area contributed by atoms with Crippen molar-refractivity contribution in [2.75, 3.05) is 0 Å². The van der Waals surface area contributed by atoms with Crippen molar-refractivity contribution in [1.29, 1.82) is 5.26 Å². The first-order valence-electron chi connectivity index (χ1n) is 7.52. The third kappa shape index (κ3) is 2.56. The van der Waals surface area contributed by atoms with Crippen molar-refractivity contribution in [3.8, 4) is 6.07 Å². The number of halogens is 2. The van der Waals surface area contributed by atoms with E-state index in [1.54, 1.807) is 0 Å². The molecule has 0 bridgehead atoms. The molecule has 1 heterocycles. The molecule has 0 amide bonds. The number of hydrogen-bond donors (Lipinski definition) is 1. The SMILES string of the molecule is CC1(C)CC(=O)C2=C(C1)OC(N)=C(C#N)[C@H]2c1cc(F)ccc1F. The maximum absolute atomic E-state index is 14.3. The van der Waals surface area contributed by atoms with E-state index in [1.165, 1.54) is 0 Å². The summed E-state index contributed by atoms with van der Waals surface area (Å²) in [5.41, 5.74) is 5.53. The number of carbonyl (C=O) groups is 1. The third-order valence-corrected chi connectivity index (χ3v) is 4.34. The Morgan fingerprint density at radius 1 is 1.33 bits per heavy atom. The minimum atomic E-state index is -1.04. The molecule has 0 saturated heterocycles. The number of nitrogens with zero attached hydrogens (tertiary/aromatic N) is 1. The molecule has 1 aliphatic carbocycles. The zero-order chi connectivity index (χ0) is 17.6. The van der Waals surface area contributed by atoms with Crippen molar-refractivity contribution in [1.82, 2.24) is 0 Å². The lowest BCUT2D eigenvalue weighted by Gasteiger charge is -2.37. The topological polar surface area (TPSA) is 76.1 Å².